The third-order valence-corrected chi connectivity index (χ3v) is 1.23. The Labute approximate surface area is 58.3 Å². The molecule has 0 bridgehead atoms. The molecule has 4 heteroatoms. The van der Waals surface area contributed by atoms with Gasteiger partial charge in [-0.25, -0.2) is 10.1 Å². The van der Waals surface area contributed by atoms with Crippen molar-refractivity contribution in [1.29, 1.82) is 0 Å². The second-order valence-electron chi connectivity index (χ2n) is 1.90. The summed E-state index contributed by atoms with van der Waals surface area (Å²) in [5.74, 6) is -0.331. The minimum Gasteiger partial charge on any atom is -0.272 e. The zero-order chi connectivity index (χ0) is 7.56. The van der Waals surface area contributed by atoms with Crippen molar-refractivity contribution in [2.75, 3.05) is 0 Å². The average Bonchev–Trinajstić information content (AvgIpc) is 1.88. The van der Waals surface area contributed by atoms with Crippen molar-refractivity contribution in [2.45, 2.75) is 13.3 Å². The molecule has 1 N–H and O–H groups in total. The number of imide groups is 1. The monoisotopic (exact) mass is 139 g/mol. The number of hydrogen-bond acceptors (Lipinski definition) is 2. The van der Waals surface area contributed by atoms with E-state index < -0.39 is 6.03 Å². The first-order chi connectivity index (χ1) is 4.74. The molecule has 10 heavy (non-hydrogen) atoms. The van der Waals surface area contributed by atoms with Gasteiger partial charge in [0, 0.05) is 11.8 Å². The Morgan fingerprint density at radius 3 is 2.80 bits per heavy atom. The predicted octanol–water partition coefficient (Wildman–Crippen LogP) is 0.134. The highest BCUT2D eigenvalue weighted by Gasteiger charge is 2.16. The van der Waals surface area contributed by atoms with Crippen LogP contribution in [-0.4, -0.2) is 11.9 Å². The van der Waals surface area contributed by atoms with E-state index >= 15 is 0 Å². The molecule has 4 nitrogen and oxygen atoms in total. The van der Waals surface area contributed by atoms with Crippen LogP contribution < -0.4 is 10.6 Å². The van der Waals surface area contributed by atoms with Crippen molar-refractivity contribution in [3.8, 4) is 0 Å². The Hall–Kier alpha value is -1.32. The molecular weight excluding hydrogens is 132 g/mol. The van der Waals surface area contributed by atoms with Gasteiger partial charge >= 0.3 is 6.03 Å². The zero-order valence-electron chi connectivity index (χ0n) is 5.55. The molecule has 0 aliphatic carbocycles. The molecule has 0 aromatic rings. The maximum atomic E-state index is 10.8. The lowest BCUT2D eigenvalue weighted by Gasteiger charge is -2.08. The van der Waals surface area contributed by atoms with E-state index in [0.29, 0.717) is 12.0 Å². The van der Waals surface area contributed by atoms with E-state index in [1.54, 1.807) is 0 Å². The van der Waals surface area contributed by atoms with Crippen molar-refractivity contribution in [2.24, 2.45) is 0 Å². The van der Waals surface area contributed by atoms with Gasteiger partial charge < -0.3 is 0 Å². The van der Waals surface area contributed by atoms with Gasteiger partial charge in [0.05, 0.1) is 0 Å². The van der Waals surface area contributed by atoms with E-state index in [0.717, 1.165) is 0 Å². The first-order valence-corrected chi connectivity index (χ1v) is 2.99. The number of nitrogens with zero attached hydrogens (tertiary/aromatic N) is 1. The van der Waals surface area contributed by atoms with Gasteiger partial charge in [-0.3, -0.25) is 10.1 Å². The van der Waals surface area contributed by atoms with Crippen LogP contribution in [0.2, 0.25) is 0 Å². The second kappa shape index (κ2) is 2.51. The topological polar surface area (TPSA) is 60.3 Å². The summed E-state index contributed by atoms with van der Waals surface area (Å²) in [4.78, 5) is 21.2. The highest BCUT2D eigenvalue weighted by Crippen LogP contribution is 2.02. The highest BCUT2D eigenvalue weighted by atomic mass is 16.2. The number of carbonyl (C=O) groups is 2. The summed E-state index contributed by atoms with van der Waals surface area (Å²) in [6, 6.07) is -0.581. The fourth-order valence-electron chi connectivity index (χ4n) is 0.657. The van der Waals surface area contributed by atoms with E-state index in [1.807, 2.05) is 6.92 Å². The van der Waals surface area contributed by atoms with Crippen LogP contribution in [0.1, 0.15) is 13.3 Å². The van der Waals surface area contributed by atoms with Crippen LogP contribution in [0.4, 0.5) is 4.79 Å². The van der Waals surface area contributed by atoms with Crippen LogP contribution in [0.5, 0.6) is 0 Å². The van der Waals surface area contributed by atoms with Gasteiger partial charge in [0.25, 0.3) is 5.91 Å². The molecule has 0 saturated heterocycles. The molecule has 1 heterocycles. The summed E-state index contributed by atoms with van der Waals surface area (Å²) < 4.78 is 0. The minimum atomic E-state index is -0.581. The Balaban J connectivity index is 2.75. The highest BCUT2D eigenvalue weighted by molar-refractivity contribution is 6.06. The van der Waals surface area contributed by atoms with Gasteiger partial charge in [0.1, 0.15) is 0 Å². The quantitative estimate of drug-likeness (QED) is 0.561. The molecule has 1 aliphatic rings. The number of carbonyl (C=O) groups excluding carboxylic acids is 2. The fourth-order valence-corrected chi connectivity index (χ4v) is 0.657. The van der Waals surface area contributed by atoms with Gasteiger partial charge in [-0.2, -0.15) is 0 Å². The Morgan fingerprint density at radius 2 is 2.30 bits per heavy atom. The summed E-state index contributed by atoms with van der Waals surface area (Å²) in [5, 5.41) is 5.47. The predicted molar refractivity (Wildman–Crippen MR) is 34.0 cm³/mol. The lowest BCUT2D eigenvalue weighted by atomic mass is 10.2. The summed E-state index contributed by atoms with van der Waals surface area (Å²) in [5.41, 5.74) is 0.541. The van der Waals surface area contributed by atoms with Crippen molar-refractivity contribution in [3.63, 3.8) is 0 Å². The van der Waals surface area contributed by atoms with Crippen LogP contribution in [0.25, 0.3) is 0 Å². The van der Waals surface area contributed by atoms with Gasteiger partial charge in [-0.15, -0.1) is 0 Å². The van der Waals surface area contributed by atoms with Gasteiger partial charge in [0.2, 0.25) is 0 Å². The van der Waals surface area contributed by atoms with Crippen molar-refractivity contribution < 1.29 is 9.59 Å². The molecule has 0 spiro atoms. The summed E-state index contributed by atoms with van der Waals surface area (Å²) in [6.45, 7) is 1.83. The van der Waals surface area contributed by atoms with Crippen molar-refractivity contribution in [1.82, 2.24) is 10.6 Å². The maximum absolute atomic E-state index is 10.8. The molecule has 1 aliphatic heterocycles. The number of rotatable bonds is 1. The lowest BCUT2D eigenvalue weighted by molar-refractivity contribution is -0.116. The molecule has 0 atom stereocenters. The molecule has 0 unspecified atom stereocenters. The summed E-state index contributed by atoms with van der Waals surface area (Å²) in [7, 11) is 0. The maximum Gasteiger partial charge on any atom is 0.347 e. The molecule has 0 saturated carbocycles. The van der Waals surface area contributed by atoms with Crippen LogP contribution in [0.3, 0.4) is 0 Å². The molecule has 3 amide bonds. The van der Waals surface area contributed by atoms with Gasteiger partial charge in [-0.1, -0.05) is 6.92 Å². The van der Waals surface area contributed by atoms with Gasteiger partial charge in [-0.05, 0) is 6.42 Å². The molecular formula is C6H7N2O2. The molecule has 0 aromatic heterocycles. The largest absolute Gasteiger partial charge is 0.347 e. The Morgan fingerprint density at radius 1 is 1.60 bits per heavy atom. The third kappa shape index (κ3) is 1.15. The first-order valence-electron chi connectivity index (χ1n) is 2.99. The first kappa shape index (κ1) is 6.80. The van der Waals surface area contributed by atoms with E-state index in [2.05, 4.69) is 10.6 Å². The van der Waals surface area contributed by atoms with Crippen molar-refractivity contribution in [3.05, 3.63) is 11.8 Å². The van der Waals surface area contributed by atoms with Crippen molar-refractivity contribution >= 4 is 11.9 Å². The second-order valence-corrected chi connectivity index (χ2v) is 1.90. The fraction of sp³-hybridized carbons (Fsp3) is 0.333. The summed E-state index contributed by atoms with van der Waals surface area (Å²) in [6.07, 6.45) is 1.91. The van der Waals surface area contributed by atoms with E-state index in [9.17, 15) is 9.59 Å². The van der Waals surface area contributed by atoms with E-state index in [-0.39, 0.29) is 5.91 Å². The average molecular weight is 139 g/mol. The van der Waals surface area contributed by atoms with Gasteiger partial charge in [0.15, 0.2) is 0 Å². The summed E-state index contributed by atoms with van der Waals surface area (Å²) >= 11 is 0. The third-order valence-electron chi connectivity index (χ3n) is 1.23. The number of hydrogen-bond donors (Lipinski definition) is 1. The molecule has 1 radical (unpaired) electrons. The Bertz CT molecular complexity index is 208. The molecule has 0 aromatic carbocycles. The van der Waals surface area contributed by atoms with Crippen LogP contribution in [-0.2, 0) is 4.79 Å². The van der Waals surface area contributed by atoms with Crippen LogP contribution in [0.15, 0.2) is 11.8 Å². The lowest BCUT2D eigenvalue weighted by Crippen LogP contribution is -2.39. The molecule has 0 fully saturated rings. The minimum absolute atomic E-state index is 0.331. The number of nitrogens with one attached hydrogen (secondary N) is 1. The van der Waals surface area contributed by atoms with E-state index in [4.69, 9.17) is 0 Å². The number of urea groups is 1. The normalized spacial score (nSPS) is 17.5. The zero-order valence-corrected chi connectivity index (χ0v) is 5.55. The van der Waals surface area contributed by atoms with Crippen LogP contribution in [0, 0.1) is 0 Å². The van der Waals surface area contributed by atoms with Crippen LogP contribution >= 0.6 is 0 Å². The van der Waals surface area contributed by atoms with E-state index in [1.165, 1.54) is 6.20 Å². The Kier molecular flexibility index (Phi) is 1.71. The molecule has 53 valence electrons. The molecule has 1 rings (SSSR count). The smallest absolute Gasteiger partial charge is 0.272 e. The SMILES string of the molecule is CCC1=C[N]C(=O)NC1=O. The standard InChI is InChI=1S/C6H7N2O2/c1-2-4-3-7-6(10)8-5(4)9/h3H,2H2,1H3,(H,8,9,10). The number of amides is 3.